The van der Waals surface area contributed by atoms with Crippen LogP contribution in [0.2, 0.25) is 0 Å². The Hall–Kier alpha value is -0.870. The number of aliphatic hydroxyl groups is 1. The maximum atomic E-state index is 11.3. The van der Waals surface area contributed by atoms with Crippen molar-refractivity contribution in [1.29, 1.82) is 0 Å². The van der Waals surface area contributed by atoms with Gasteiger partial charge in [-0.25, -0.2) is 0 Å². The monoisotopic (exact) mass is 242 g/mol. The SMILES string of the molecule is CCC[C@H](O)C[C@@H]1C=C[C@H]([C@H](C)C(=O)OC)O1. The summed E-state index contributed by atoms with van der Waals surface area (Å²) in [7, 11) is 1.37. The summed E-state index contributed by atoms with van der Waals surface area (Å²) in [6, 6.07) is 0. The van der Waals surface area contributed by atoms with Crippen molar-refractivity contribution in [2.45, 2.75) is 51.4 Å². The van der Waals surface area contributed by atoms with Crippen LogP contribution >= 0.6 is 0 Å². The smallest absolute Gasteiger partial charge is 0.311 e. The van der Waals surface area contributed by atoms with Gasteiger partial charge in [-0.3, -0.25) is 4.79 Å². The van der Waals surface area contributed by atoms with Gasteiger partial charge in [-0.15, -0.1) is 0 Å². The molecule has 0 aromatic heterocycles. The zero-order valence-corrected chi connectivity index (χ0v) is 10.8. The van der Waals surface area contributed by atoms with E-state index in [1.165, 1.54) is 7.11 Å². The molecule has 4 nitrogen and oxygen atoms in total. The molecule has 1 heterocycles. The van der Waals surface area contributed by atoms with Crippen molar-refractivity contribution in [3.8, 4) is 0 Å². The minimum absolute atomic E-state index is 0.0892. The molecule has 1 aliphatic heterocycles. The van der Waals surface area contributed by atoms with Crippen LogP contribution in [0.15, 0.2) is 12.2 Å². The summed E-state index contributed by atoms with van der Waals surface area (Å²) in [5.41, 5.74) is 0. The van der Waals surface area contributed by atoms with Crippen molar-refractivity contribution in [3.63, 3.8) is 0 Å². The van der Waals surface area contributed by atoms with E-state index in [9.17, 15) is 9.90 Å². The van der Waals surface area contributed by atoms with E-state index in [1.54, 1.807) is 6.92 Å². The molecule has 4 atom stereocenters. The molecule has 0 aliphatic carbocycles. The number of methoxy groups -OCH3 is 1. The van der Waals surface area contributed by atoms with Crippen molar-refractivity contribution >= 4 is 5.97 Å². The normalized spacial score (nSPS) is 26.8. The van der Waals surface area contributed by atoms with Gasteiger partial charge in [0, 0.05) is 6.42 Å². The Kier molecular flexibility index (Phi) is 5.65. The van der Waals surface area contributed by atoms with Crippen molar-refractivity contribution in [3.05, 3.63) is 12.2 Å². The number of hydrogen-bond acceptors (Lipinski definition) is 4. The molecule has 98 valence electrons. The minimum atomic E-state index is -0.332. The lowest BCUT2D eigenvalue weighted by Gasteiger charge is -2.20. The highest BCUT2D eigenvalue weighted by atomic mass is 16.5. The van der Waals surface area contributed by atoms with E-state index in [1.807, 2.05) is 19.1 Å². The van der Waals surface area contributed by atoms with Gasteiger partial charge in [0.25, 0.3) is 0 Å². The minimum Gasteiger partial charge on any atom is -0.469 e. The predicted octanol–water partition coefficient (Wildman–Crippen LogP) is 1.67. The molecule has 1 rings (SSSR count). The van der Waals surface area contributed by atoms with Crippen LogP contribution in [0.4, 0.5) is 0 Å². The lowest BCUT2D eigenvalue weighted by molar-refractivity contribution is -0.149. The van der Waals surface area contributed by atoms with E-state index in [4.69, 9.17) is 4.74 Å². The molecule has 1 aliphatic rings. The second kappa shape index (κ2) is 6.77. The quantitative estimate of drug-likeness (QED) is 0.568. The molecule has 0 spiro atoms. The van der Waals surface area contributed by atoms with Crippen LogP contribution in [0.5, 0.6) is 0 Å². The van der Waals surface area contributed by atoms with E-state index < -0.39 is 0 Å². The molecule has 0 amide bonds. The number of ether oxygens (including phenoxy) is 2. The highest BCUT2D eigenvalue weighted by Gasteiger charge is 2.30. The van der Waals surface area contributed by atoms with Crippen molar-refractivity contribution in [1.82, 2.24) is 0 Å². The van der Waals surface area contributed by atoms with Gasteiger partial charge < -0.3 is 14.6 Å². The van der Waals surface area contributed by atoms with Crippen LogP contribution in [0.1, 0.15) is 33.1 Å². The summed E-state index contributed by atoms with van der Waals surface area (Å²) in [6.45, 7) is 3.82. The average molecular weight is 242 g/mol. The average Bonchev–Trinajstić information content (AvgIpc) is 2.75. The first-order chi connectivity index (χ1) is 8.08. The van der Waals surface area contributed by atoms with Gasteiger partial charge >= 0.3 is 5.97 Å². The third kappa shape index (κ3) is 4.13. The Morgan fingerprint density at radius 3 is 2.82 bits per heavy atom. The van der Waals surface area contributed by atoms with Crippen molar-refractivity contribution < 1.29 is 19.4 Å². The van der Waals surface area contributed by atoms with E-state index >= 15 is 0 Å². The Morgan fingerprint density at radius 1 is 1.53 bits per heavy atom. The summed E-state index contributed by atoms with van der Waals surface area (Å²) in [6.07, 6.45) is 5.48. The summed E-state index contributed by atoms with van der Waals surface area (Å²) in [4.78, 5) is 11.3. The van der Waals surface area contributed by atoms with E-state index in [-0.39, 0.29) is 30.2 Å². The first-order valence-electron chi connectivity index (χ1n) is 6.18. The molecule has 1 N–H and O–H groups in total. The zero-order chi connectivity index (χ0) is 12.8. The fraction of sp³-hybridized carbons (Fsp3) is 0.769. The van der Waals surface area contributed by atoms with Crippen LogP contribution in [-0.4, -0.2) is 36.5 Å². The van der Waals surface area contributed by atoms with Gasteiger partial charge in [-0.05, 0) is 13.3 Å². The highest BCUT2D eigenvalue weighted by Crippen LogP contribution is 2.23. The number of aliphatic hydroxyl groups excluding tert-OH is 1. The predicted molar refractivity (Wildman–Crippen MR) is 64.5 cm³/mol. The van der Waals surface area contributed by atoms with E-state index in [0.717, 1.165) is 12.8 Å². The molecule has 0 unspecified atom stereocenters. The molecule has 0 saturated carbocycles. The number of esters is 1. The molecule has 0 saturated heterocycles. The summed E-state index contributed by atoms with van der Waals surface area (Å²) >= 11 is 0. The van der Waals surface area contributed by atoms with Gasteiger partial charge in [0.2, 0.25) is 0 Å². The third-order valence-corrected chi connectivity index (χ3v) is 3.04. The Bertz CT molecular complexity index is 275. The fourth-order valence-electron chi connectivity index (χ4n) is 1.98. The lowest BCUT2D eigenvalue weighted by atomic mass is 10.1. The molecule has 0 aromatic carbocycles. The number of carbonyl (C=O) groups is 1. The van der Waals surface area contributed by atoms with E-state index in [0.29, 0.717) is 6.42 Å². The van der Waals surface area contributed by atoms with Gasteiger partial charge in [-0.2, -0.15) is 0 Å². The maximum absolute atomic E-state index is 11.3. The largest absolute Gasteiger partial charge is 0.469 e. The number of carbonyl (C=O) groups excluding carboxylic acids is 1. The van der Waals surface area contributed by atoms with Gasteiger partial charge in [0.1, 0.15) is 0 Å². The van der Waals surface area contributed by atoms with Crippen LogP contribution in [-0.2, 0) is 14.3 Å². The van der Waals surface area contributed by atoms with Crippen molar-refractivity contribution in [2.75, 3.05) is 7.11 Å². The molecule has 4 heteroatoms. The zero-order valence-electron chi connectivity index (χ0n) is 10.8. The van der Waals surface area contributed by atoms with E-state index in [2.05, 4.69) is 4.74 Å². The van der Waals surface area contributed by atoms with Crippen LogP contribution < -0.4 is 0 Å². The number of rotatable bonds is 6. The molecule has 0 radical (unpaired) electrons. The van der Waals surface area contributed by atoms with Gasteiger partial charge in [-0.1, -0.05) is 25.5 Å². The van der Waals surface area contributed by atoms with Gasteiger partial charge in [0.05, 0.1) is 31.3 Å². The van der Waals surface area contributed by atoms with Crippen LogP contribution in [0.25, 0.3) is 0 Å². The second-order valence-corrected chi connectivity index (χ2v) is 4.51. The molecular weight excluding hydrogens is 220 g/mol. The molecule has 17 heavy (non-hydrogen) atoms. The summed E-state index contributed by atoms with van der Waals surface area (Å²) in [5.74, 6) is -0.570. The number of hydrogen-bond donors (Lipinski definition) is 1. The standard InChI is InChI=1S/C13H22O4/c1-4-5-10(14)8-11-6-7-12(17-11)9(2)13(15)16-3/h6-7,9-12,14H,4-5,8H2,1-3H3/t9-,10-,11-,12+/m0/s1. The molecule has 0 aromatic rings. The van der Waals surface area contributed by atoms with Crippen molar-refractivity contribution in [2.24, 2.45) is 5.92 Å². The topological polar surface area (TPSA) is 55.8 Å². The third-order valence-electron chi connectivity index (χ3n) is 3.04. The van der Waals surface area contributed by atoms with Gasteiger partial charge in [0.15, 0.2) is 0 Å². The fourth-order valence-corrected chi connectivity index (χ4v) is 1.98. The molecular formula is C13H22O4. The molecule has 0 bridgehead atoms. The first kappa shape index (κ1) is 14.2. The Balaban J connectivity index is 2.38. The van der Waals surface area contributed by atoms with Crippen LogP contribution in [0, 0.1) is 5.92 Å². The lowest BCUT2D eigenvalue weighted by Crippen LogP contribution is -2.28. The van der Waals surface area contributed by atoms with Crippen LogP contribution in [0.3, 0.4) is 0 Å². The first-order valence-corrected chi connectivity index (χ1v) is 6.18. The Morgan fingerprint density at radius 2 is 2.24 bits per heavy atom. The second-order valence-electron chi connectivity index (χ2n) is 4.51. The highest BCUT2D eigenvalue weighted by molar-refractivity contribution is 5.72. The summed E-state index contributed by atoms with van der Waals surface area (Å²) < 4.78 is 10.4. The maximum Gasteiger partial charge on any atom is 0.311 e. The molecule has 0 fully saturated rings. The summed E-state index contributed by atoms with van der Waals surface area (Å²) in [5, 5.41) is 9.68. The Labute approximate surface area is 103 Å².